The van der Waals surface area contributed by atoms with E-state index in [1.54, 1.807) is 0 Å². The molecule has 15 heavy (non-hydrogen) atoms. The van der Waals surface area contributed by atoms with E-state index in [9.17, 15) is 18.0 Å². The first kappa shape index (κ1) is 12.8. The van der Waals surface area contributed by atoms with E-state index in [1.807, 2.05) is 0 Å². The van der Waals surface area contributed by atoms with Crippen molar-refractivity contribution in [2.24, 2.45) is 0 Å². The van der Waals surface area contributed by atoms with Gasteiger partial charge in [-0.15, -0.1) is 0 Å². The Bertz CT molecular complexity index is 234. The van der Waals surface area contributed by atoms with Gasteiger partial charge in [-0.2, -0.15) is 13.2 Å². The minimum atomic E-state index is -4.37. The number of nitrogens with zero attached hydrogens (tertiary/aromatic N) is 1. The minimum Gasteiger partial charge on any atom is -0.362 e. The molecular weight excluding hydrogens is 279 g/mol. The van der Waals surface area contributed by atoms with E-state index in [4.69, 9.17) is 0 Å². The van der Waals surface area contributed by atoms with Crippen LogP contribution in [0, 0.1) is 0 Å². The number of halogens is 4. The second kappa shape index (κ2) is 5.16. The van der Waals surface area contributed by atoms with Gasteiger partial charge in [-0.3, -0.25) is 4.79 Å². The van der Waals surface area contributed by atoms with E-state index in [0.29, 0.717) is 13.1 Å². The van der Waals surface area contributed by atoms with Crippen molar-refractivity contribution in [2.75, 3.05) is 26.3 Å². The number of amides is 1. The summed E-state index contributed by atoms with van der Waals surface area (Å²) in [6.07, 6.45) is -3.55. The van der Waals surface area contributed by atoms with Gasteiger partial charge in [0.1, 0.15) is 13.2 Å². The Morgan fingerprint density at radius 3 is 2.67 bits per heavy atom. The largest absolute Gasteiger partial charge is 0.411 e. The maximum absolute atomic E-state index is 11.7. The molecule has 88 valence electrons. The number of hydrogen-bond acceptors (Lipinski definition) is 2. The third-order valence-electron chi connectivity index (χ3n) is 1.97. The zero-order valence-corrected chi connectivity index (χ0v) is 9.47. The number of carbonyl (C=O) groups is 1. The Morgan fingerprint density at radius 2 is 2.20 bits per heavy atom. The summed E-state index contributed by atoms with van der Waals surface area (Å²) in [5.74, 6) is -0.388. The summed E-state index contributed by atoms with van der Waals surface area (Å²) >= 11 is 3.33. The normalized spacial score (nSPS) is 22.1. The second-order valence-corrected chi connectivity index (χ2v) is 4.63. The Hall–Kier alpha value is -0.300. The Balaban J connectivity index is 2.19. The van der Waals surface area contributed by atoms with Crippen molar-refractivity contribution >= 4 is 21.8 Å². The molecule has 0 aromatic carbocycles. The number of carbonyl (C=O) groups excluding carboxylic acids is 1. The molecule has 0 saturated carbocycles. The average molecular weight is 290 g/mol. The maximum Gasteiger partial charge on any atom is 0.411 e. The van der Waals surface area contributed by atoms with Crippen molar-refractivity contribution in [1.82, 2.24) is 4.90 Å². The number of hydrogen-bond donors (Lipinski definition) is 0. The Labute approximate surface area is 93.7 Å². The molecule has 3 nitrogen and oxygen atoms in total. The van der Waals surface area contributed by atoms with Gasteiger partial charge < -0.3 is 9.64 Å². The topological polar surface area (TPSA) is 29.5 Å². The monoisotopic (exact) mass is 289 g/mol. The molecule has 1 atom stereocenters. The Morgan fingerprint density at radius 1 is 1.53 bits per heavy atom. The molecule has 1 amide bonds. The van der Waals surface area contributed by atoms with Gasteiger partial charge in [0.25, 0.3) is 0 Å². The van der Waals surface area contributed by atoms with Crippen molar-refractivity contribution in [3.8, 4) is 0 Å². The maximum atomic E-state index is 11.7. The number of alkyl halides is 4. The van der Waals surface area contributed by atoms with Crippen LogP contribution in [-0.2, 0) is 9.53 Å². The summed E-state index contributed by atoms with van der Waals surface area (Å²) in [5.41, 5.74) is 0. The number of likely N-dealkylation sites (tertiary alicyclic amines) is 1. The molecule has 0 radical (unpaired) electrons. The van der Waals surface area contributed by atoms with E-state index >= 15 is 0 Å². The van der Waals surface area contributed by atoms with Gasteiger partial charge in [-0.05, 0) is 6.42 Å². The summed E-state index contributed by atoms with van der Waals surface area (Å²) in [6.45, 7) is -0.762. The molecule has 0 aliphatic carbocycles. The van der Waals surface area contributed by atoms with E-state index in [-0.39, 0.29) is 10.7 Å². The fraction of sp³-hybridized carbons (Fsp3) is 0.875. The molecule has 1 aliphatic rings. The van der Waals surface area contributed by atoms with E-state index in [1.165, 1.54) is 4.90 Å². The lowest BCUT2D eigenvalue weighted by molar-refractivity contribution is -0.177. The smallest absolute Gasteiger partial charge is 0.362 e. The highest BCUT2D eigenvalue weighted by Crippen LogP contribution is 2.17. The zero-order chi connectivity index (χ0) is 11.5. The van der Waals surface area contributed by atoms with Gasteiger partial charge in [-0.25, -0.2) is 0 Å². The molecular formula is C8H11BrF3NO2. The summed E-state index contributed by atoms with van der Waals surface area (Å²) in [4.78, 5) is 13.0. The van der Waals surface area contributed by atoms with Crippen LogP contribution in [-0.4, -0.2) is 48.1 Å². The van der Waals surface area contributed by atoms with E-state index in [2.05, 4.69) is 20.7 Å². The summed E-state index contributed by atoms with van der Waals surface area (Å²) in [7, 11) is 0. The molecule has 0 aromatic heterocycles. The Kier molecular flexibility index (Phi) is 4.39. The van der Waals surface area contributed by atoms with Crippen LogP contribution in [0.3, 0.4) is 0 Å². The molecule has 1 aliphatic heterocycles. The van der Waals surface area contributed by atoms with Crippen LogP contribution < -0.4 is 0 Å². The molecule has 0 N–H and O–H groups in total. The van der Waals surface area contributed by atoms with Crippen molar-refractivity contribution in [2.45, 2.75) is 17.4 Å². The van der Waals surface area contributed by atoms with Crippen molar-refractivity contribution in [3.63, 3.8) is 0 Å². The van der Waals surface area contributed by atoms with Gasteiger partial charge in [0.2, 0.25) is 5.91 Å². The molecule has 1 unspecified atom stereocenters. The molecule has 0 bridgehead atoms. The third kappa shape index (κ3) is 4.83. The standard InChI is InChI=1S/C8H11BrF3NO2/c9-6-1-2-13(3-6)7(14)4-15-5-8(10,11)12/h6H,1-5H2. The average Bonchev–Trinajstić information content (AvgIpc) is 2.49. The van der Waals surface area contributed by atoms with Gasteiger partial charge in [0.15, 0.2) is 0 Å². The molecule has 7 heteroatoms. The fourth-order valence-corrected chi connectivity index (χ4v) is 1.84. The molecule has 0 aromatic rings. The minimum absolute atomic E-state index is 0.240. The highest BCUT2D eigenvalue weighted by molar-refractivity contribution is 9.09. The summed E-state index contributed by atoms with van der Waals surface area (Å²) in [6, 6.07) is 0. The third-order valence-corrected chi connectivity index (χ3v) is 2.72. The van der Waals surface area contributed by atoms with E-state index in [0.717, 1.165) is 6.42 Å². The van der Waals surface area contributed by atoms with E-state index < -0.39 is 19.4 Å². The van der Waals surface area contributed by atoms with Gasteiger partial charge in [0, 0.05) is 17.9 Å². The van der Waals surface area contributed by atoms with Crippen LogP contribution in [0.15, 0.2) is 0 Å². The molecule has 1 heterocycles. The quantitative estimate of drug-likeness (QED) is 0.738. The van der Waals surface area contributed by atoms with Gasteiger partial charge >= 0.3 is 6.18 Å². The lowest BCUT2D eigenvalue weighted by Gasteiger charge is -2.15. The number of rotatable bonds is 3. The first-order valence-corrected chi connectivity index (χ1v) is 5.36. The summed E-state index contributed by atoms with van der Waals surface area (Å²) in [5, 5.41) is 0. The number of ether oxygens (including phenoxy) is 1. The fourth-order valence-electron chi connectivity index (χ4n) is 1.29. The van der Waals surface area contributed by atoms with Gasteiger partial charge in [-0.1, -0.05) is 15.9 Å². The van der Waals surface area contributed by atoms with Crippen LogP contribution in [0.25, 0.3) is 0 Å². The first-order chi connectivity index (χ1) is 6.88. The van der Waals surface area contributed by atoms with Gasteiger partial charge in [0.05, 0.1) is 0 Å². The first-order valence-electron chi connectivity index (χ1n) is 4.45. The highest BCUT2D eigenvalue weighted by atomic mass is 79.9. The molecule has 1 rings (SSSR count). The van der Waals surface area contributed by atoms with Crippen LogP contribution in [0.4, 0.5) is 13.2 Å². The summed E-state index contributed by atoms with van der Waals surface area (Å²) < 4.78 is 39.3. The predicted octanol–water partition coefficient (Wildman–Crippen LogP) is 1.56. The molecule has 0 spiro atoms. The molecule has 1 saturated heterocycles. The lowest BCUT2D eigenvalue weighted by atomic mass is 10.4. The van der Waals surface area contributed by atoms with Crippen LogP contribution in [0.2, 0.25) is 0 Å². The van der Waals surface area contributed by atoms with Crippen LogP contribution >= 0.6 is 15.9 Å². The predicted molar refractivity (Wildman–Crippen MR) is 50.8 cm³/mol. The van der Waals surface area contributed by atoms with Crippen molar-refractivity contribution in [1.29, 1.82) is 0 Å². The van der Waals surface area contributed by atoms with Crippen LogP contribution in [0.1, 0.15) is 6.42 Å². The highest BCUT2D eigenvalue weighted by Gasteiger charge is 2.29. The molecule has 1 fully saturated rings. The van der Waals surface area contributed by atoms with Crippen LogP contribution in [0.5, 0.6) is 0 Å². The van der Waals surface area contributed by atoms with Crippen molar-refractivity contribution < 1.29 is 22.7 Å². The van der Waals surface area contributed by atoms with Crippen molar-refractivity contribution in [3.05, 3.63) is 0 Å². The zero-order valence-electron chi connectivity index (χ0n) is 7.89. The SMILES string of the molecule is O=C(COCC(F)(F)F)N1CCC(Br)C1. The lowest BCUT2D eigenvalue weighted by Crippen LogP contribution is -2.33. The second-order valence-electron chi connectivity index (χ2n) is 3.33.